The van der Waals surface area contributed by atoms with Crippen molar-refractivity contribution < 1.29 is 8.42 Å². The van der Waals surface area contributed by atoms with E-state index in [9.17, 15) is 8.42 Å². The summed E-state index contributed by atoms with van der Waals surface area (Å²) in [5.41, 5.74) is 0.753. The number of hydrogen-bond acceptors (Lipinski definition) is 3. The number of nitrogens with one attached hydrogen (secondary N) is 1. The second kappa shape index (κ2) is 5.29. The number of pyridine rings is 1. The van der Waals surface area contributed by atoms with Crippen LogP contribution in [0.15, 0.2) is 23.2 Å². The van der Waals surface area contributed by atoms with Gasteiger partial charge in [-0.25, -0.2) is 8.42 Å². The first-order valence-corrected chi connectivity index (χ1v) is 4.97. The van der Waals surface area contributed by atoms with Crippen molar-refractivity contribution in [3.8, 4) is 0 Å². The molecule has 0 unspecified atom stereocenters. The van der Waals surface area contributed by atoms with Gasteiger partial charge in [0, 0.05) is 11.9 Å². The van der Waals surface area contributed by atoms with Gasteiger partial charge < -0.3 is 0 Å². The van der Waals surface area contributed by atoms with Gasteiger partial charge >= 0.3 is 29.6 Å². The van der Waals surface area contributed by atoms with Crippen molar-refractivity contribution >= 4 is 51.4 Å². The average molecular weight is 231 g/mol. The number of aryl methyl sites for hydroxylation is 1. The predicted octanol–water partition coefficient (Wildman–Crippen LogP) is 0.174. The molecule has 0 atom stereocenters. The summed E-state index contributed by atoms with van der Waals surface area (Å²) in [6.45, 7) is 1.77. The van der Waals surface area contributed by atoms with Gasteiger partial charge in [-0.05, 0) is 30.8 Å². The van der Waals surface area contributed by atoms with Crippen LogP contribution in [0, 0.1) is 6.92 Å². The Morgan fingerprint density at radius 3 is 2.46 bits per heavy atom. The Bertz CT molecular complexity index is 365. The van der Waals surface area contributed by atoms with E-state index in [0.29, 0.717) is 0 Å². The van der Waals surface area contributed by atoms with Crippen LogP contribution in [0.1, 0.15) is 5.69 Å². The Balaban J connectivity index is 0.00000144. The van der Waals surface area contributed by atoms with Crippen LogP contribution in [0.2, 0.25) is 0 Å². The van der Waals surface area contributed by atoms with Gasteiger partial charge in [0.1, 0.15) is 4.90 Å². The van der Waals surface area contributed by atoms with Crippen LogP contribution in [-0.4, -0.2) is 43.0 Å². The molecule has 13 heavy (non-hydrogen) atoms. The molecular formula is C6H8ClN2NaO2S. The molecule has 0 bridgehead atoms. The summed E-state index contributed by atoms with van der Waals surface area (Å²) < 4.78 is 23.7. The summed E-state index contributed by atoms with van der Waals surface area (Å²) in [6.07, 6.45) is 1.25. The van der Waals surface area contributed by atoms with E-state index in [2.05, 4.69) is 4.98 Å². The zero-order valence-corrected chi connectivity index (χ0v) is 7.85. The van der Waals surface area contributed by atoms with Crippen molar-refractivity contribution in [2.45, 2.75) is 11.8 Å². The summed E-state index contributed by atoms with van der Waals surface area (Å²) in [4.78, 5) is 3.87. The van der Waals surface area contributed by atoms with Gasteiger partial charge in [-0.3, -0.25) is 4.98 Å². The third-order valence-corrected chi connectivity index (χ3v) is 2.97. The van der Waals surface area contributed by atoms with E-state index >= 15 is 0 Å². The third kappa shape index (κ3) is 3.53. The summed E-state index contributed by atoms with van der Waals surface area (Å²) in [7, 11) is -3.56. The van der Waals surface area contributed by atoms with E-state index in [1.165, 1.54) is 12.3 Å². The van der Waals surface area contributed by atoms with Gasteiger partial charge in [0.05, 0.1) is 0 Å². The van der Waals surface area contributed by atoms with Gasteiger partial charge in [-0.15, -0.1) is 4.24 Å². The van der Waals surface area contributed by atoms with Crippen molar-refractivity contribution in [1.29, 1.82) is 0 Å². The molecule has 7 heteroatoms. The van der Waals surface area contributed by atoms with Crippen LogP contribution < -0.4 is 4.24 Å². The first-order chi connectivity index (χ1) is 5.56. The van der Waals surface area contributed by atoms with E-state index in [1.54, 1.807) is 17.2 Å². The molecule has 0 aliphatic heterocycles. The molecule has 1 N–H and O–H groups in total. The molecule has 0 saturated heterocycles. The van der Waals surface area contributed by atoms with Crippen LogP contribution in [0.25, 0.3) is 0 Å². The zero-order chi connectivity index (χ0) is 9.19. The molecule has 1 heterocycles. The minimum absolute atomic E-state index is 0. The average Bonchev–Trinajstić information content (AvgIpc) is 2.05. The maximum atomic E-state index is 11.0. The van der Waals surface area contributed by atoms with Gasteiger partial charge in [-0.1, -0.05) is 0 Å². The number of nitrogens with zero attached hydrogens (tertiary/aromatic N) is 1. The fraction of sp³-hybridized carbons (Fsp3) is 0.167. The van der Waals surface area contributed by atoms with Crippen LogP contribution in [0.3, 0.4) is 0 Å². The molecule has 4 nitrogen and oxygen atoms in total. The topological polar surface area (TPSA) is 59.1 Å². The summed E-state index contributed by atoms with van der Waals surface area (Å²) in [6, 6.07) is 3.04. The van der Waals surface area contributed by atoms with E-state index in [4.69, 9.17) is 11.8 Å². The number of aromatic nitrogens is 1. The summed E-state index contributed by atoms with van der Waals surface area (Å²) in [5.74, 6) is 0. The van der Waals surface area contributed by atoms with Crippen LogP contribution in [0.5, 0.6) is 0 Å². The SMILES string of the molecule is Cc1ccc(S(=O)(=O)NCl)cn1.[NaH]. The second-order valence-corrected chi connectivity index (χ2v) is 4.31. The number of hydrogen-bond donors (Lipinski definition) is 1. The Kier molecular flexibility index (Phi) is 5.43. The first kappa shape index (κ1) is 13.4. The monoisotopic (exact) mass is 230 g/mol. The Labute approximate surface area is 104 Å². The van der Waals surface area contributed by atoms with Gasteiger partial charge in [0.25, 0.3) is 10.0 Å². The number of halogens is 1. The molecule has 0 saturated carbocycles. The maximum absolute atomic E-state index is 11.0. The Morgan fingerprint density at radius 1 is 1.46 bits per heavy atom. The predicted molar refractivity (Wildman–Crippen MR) is 52.3 cm³/mol. The summed E-state index contributed by atoms with van der Waals surface area (Å²) in [5, 5.41) is 0. The standard InChI is InChI=1S/C6H7ClN2O2S.Na.H/c1-5-2-3-6(4-8-5)12(10,11)9-7;;/h2-4,9H,1H3;;. The fourth-order valence-electron chi connectivity index (χ4n) is 0.658. The molecule has 1 rings (SSSR count). The molecule has 0 radical (unpaired) electrons. The molecular weight excluding hydrogens is 223 g/mol. The van der Waals surface area contributed by atoms with E-state index in [0.717, 1.165) is 5.69 Å². The molecule has 0 aliphatic rings. The van der Waals surface area contributed by atoms with Crippen LogP contribution >= 0.6 is 11.8 Å². The molecule has 0 amide bonds. The molecule has 0 aromatic carbocycles. The second-order valence-electron chi connectivity index (χ2n) is 2.22. The zero-order valence-electron chi connectivity index (χ0n) is 6.28. The van der Waals surface area contributed by atoms with Gasteiger partial charge in [0.15, 0.2) is 0 Å². The van der Waals surface area contributed by atoms with E-state index in [-0.39, 0.29) is 34.5 Å². The summed E-state index contributed by atoms with van der Waals surface area (Å²) >= 11 is 5.00. The van der Waals surface area contributed by atoms with Crippen molar-refractivity contribution in [3.05, 3.63) is 24.0 Å². The molecule has 1 aromatic rings. The van der Waals surface area contributed by atoms with Crippen LogP contribution in [-0.2, 0) is 10.0 Å². The first-order valence-electron chi connectivity index (χ1n) is 3.11. The van der Waals surface area contributed by atoms with Crippen molar-refractivity contribution in [2.24, 2.45) is 0 Å². The fourth-order valence-corrected chi connectivity index (χ4v) is 1.45. The third-order valence-electron chi connectivity index (χ3n) is 1.30. The normalized spacial score (nSPS) is 10.6. The molecule has 0 fully saturated rings. The molecule has 0 spiro atoms. The Morgan fingerprint density at radius 2 is 2.08 bits per heavy atom. The van der Waals surface area contributed by atoms with Crippen molar-refractivity contribution in [3.63, 3.8) is 0 Å². The van der Waals surface area contributed by atoms with Crippen LogP contribution in [0.4, 0.5) is 0 Å². The molecule has 68 valence electrons. The molecule has 0 aliphatic carbocycles. The van der Waals surface area contributed by atoms with E-state index < -0.39 is 10.0 Å². The van der Waals surface area contributed by atoms with Crippen molar-refractivity contribution in [1.82, 2.24) is 9.23 Å². The van der Waals surface area contributed by atoms with Gasteiger partial charge in [-0.2, -0.15) is 0 Å². The molecule has 1 aromatic heterocycles. The Hall–Kier alpha value is 0.350. The van der Waals surface area contributed by atoms with Gasteiger partial charge in [0.2, 0.25) is 0 Å². The van der Waals surface area contributed by atoms with E-state index in [1.807, 2.05) is 0 Å². The number of rotatable bonds is 2. The quantitative estimate of drug-likeness (QED) is 0.582. The minimum atomic E-state index is -3.56. The van der Waals surface area contributed by atoms with Crippen molar-refractivity contribution in [2.75, 3.05) is 0 Å². The number of sulfonamides is 1.